The standard InChI is InChI=1S/C14H10Cl3F4N3O2S/c1-3-26-12(25)9-10(27-14(16,17)21)6(2)24(23-9)11-8(15)4-7(5-22-11)13(18,19)20/h4-5H,3H2,1-2H3. The molecule has 0 saturated carbocycles. The molecule has 148 valence electrons. The minimum absolute atomic E-state index is 0.0106. The van der Waals surface area contributed by atoms with Crippen LogP contribution in [-0.2, 0) is 10.9 Å². The summed E-state index contributed by atoms with van der Waals surface area (Å²) in [6.45, 7) is 2.97. The van der Waals surface area contributed by atoms with Gasteiger partial charge in [-0.25, -0.2) is 14.5 Å². The molecule has 0 spiro atoms. The molecule has 2 aromatic rings. The highest BCUT2D eigenvalue weighted by Gasteiger charge is 2.34. The number of thioether (sulfide) groups is 1. The van der Waals surface area contributed by atoms with Crippen LogP contribution in [0.25, 0.3) is 5.82 Å². The van der Waals surface area contributed by atoms with E-state index in [2.05, 4.69) is 10.1 Å². The van der Waals surface area contributed by atoms with Crippen LogP contribution in [0.4, 0.5) is 17.6 Å². The van der Waals surface area contributed by atoms with Crippen LogP contribution in [0.1, 0.15) is 28.7 Å². The largest absolute Gasteiger partial charge is 0.461 e. The van der Waals surface area contributed by atoms with Gasteiger partial charge in [-0.05, 0) is 31.7 Å². The number of hydrogen-bond acceptors (Lipinski definition) is 5. The number of alkyl halides is 6. The van der Waals surface area contributed by atoms with Crippen molar-refractivity contribution in [2.24, 2.45) is 0 Å². The predicted molar refractivity (Wildman–Crippen MR) is 93.5 cm³/mol. The second kappa shape index (κ2) is 8.02. The molecule has 0 aliphatic rings. The number of rotatable bonds is 5. The number of halogens is 7. The van der Waals surface area contributed by atoms with E-state index in [-0.39, 0.29) is 45.5 Å². The Hall–Kier alpha value is -1.23. The van der Waals surface area contributed by atoms with Gasteiger partial charge in [0, 0.05) is 6.20 Å². The summed E-state index contributed by atoms with van der Waals surface area (Å²) in [7, 11) is 0. The maximum atomic E-state index is 13.7. The minimum Gasteiger partial charge on any atom is -0.461 e. The lowest BCUT2D eigenvalue weighted by atomic mass is 10.3. The number of aromatic nitrogens is 3. The van der Waals surface area contributed by atoms with Gasteiger partial charge in [0.25, 0.3) is 0 Å². The molecule has 0 N–H and O–H groups in total. The van der Waals surface area contributed by atoms with Crippen molar-refractivity contribution in [3.63, 3.8) is 0 Å². The zero-order valence-corrected chi connectivity index (χ0v) is 16.7. The Morgan fingerprint density at radius 2 is 1.96 bits per heavy atom. The van der Waals surface area contributed by atoms with Crippen LogP contribution in [0.5, 0.6) is 0 Å². The van der Waals surface area contributed by atoms with Crippen LogP contribution in [0.2, 0.25) is 5.02 Å². The summed E-state index contributed by atoms with van der Waals surface area (Å²) in [4.78, 5) is 15.7. The van der Waals surface area contributed by atoms with E-state index in [1.165, 1.54) is 6.92 Å². The number of pyridine rings is 1. The second-order valence-corrected chi connectivity index (χ2v) is 8.24. The Labute approximate surface area is 169 Å². The predicted octanol–water partition coefficient (Wildman–Crippen LogP) is 5.58. The molecule has 0 atom stereocenters. The van der Waals surface area contributed by atoms with Gasteiger partial charge in [-0.15, -0.1) is 0 Å². The van der Waals surface area contributed by atoms with E-state index < -0.39 is 21.6 Å². The Balaban J connectivity index is 2.61. The van der Waals surface area contributed by atoms with Gasteiger partial charge in [-0.2, -0.15) is 22.7 Å². The van der Waals surface area contributed by atoms with Crippen LogP contribution in [0, 0.1) is 6.92 Å². The van der Waals surface area contributed by atoms with E-state index in [0.29, 0.717) is 12.3 Å². The molecular formula is C14H10Cl3F4N3O2S. The van der Waals surface area contributed by atoms with Crippen molar-refractivity contribution in [1.82, 2.24) is 14.8 Å². The smallest absolute Gasteiger partial charge is 0.417 e. The van der Waals surface area contributed by atoms with Gasteiger partial charge in [0.15, 0.2) is 11.5 Å². The monoisotopic (exact) mass is 465 g/mol. The number of carbonyl (C=O) groups excluding carboxylic acids is 1. The summed E-state index contributed by atoms with van der Waals surface area (Å²) in [6.07, 6.45) is -4.09. The SMILES string of the molecule is CCOC(=O)c1nn(-c2ncc(C(F)(F)F)cc2Cl)c(C)c1SC(F)(Cl)Cl. The Morgan fingerprint density at radius 3 is 2.44 bits per heavy atom. The van der Waals surface area contributed by atoms with E-state index in [0.717, 1.165) is 4.68 Å². The molecule has 0 bridgehead atoms. The van der Waals surface area contributed by atoms with Crippen LogP contribution >= 0.6 is 46.6 Å². The molecule has 5 nitrogen and oxygen atoms in total. The fourth-order valence-corrected chi connectivity index (χ4v) is 3.40. The minimum atomic E-state index is -4.64. The normalized spacial score (nSPS) is 12.3. The number of nitrogens with zero attached hydrogens (tertiary/aromatic N) is 3. The zero-order chi connectivity index (χ0) is 20.6. The quantitative estimate of drug-likeness (QED) is 0.249. The third-order valence-electron chi connectivity index (χ3n) is 3.10. The highest BCUT2D eigenvalue weighted by molar-refractivity contribution is 8.03. The summed E-state index contributed by atoms with van der Waals surface area (Å²) in [6, 6.07) is 0.657. The molecule has 0 aliphatic carbocycles. The molecule has 0 aliphatic heterocycles. The lowest BCUT2D eigenvalue weighted by Crippen LogP contribution is -2.10. The lowest BCUT2D eigenvalue weighted by Gasteiger charge is -2.11. The summed E-state index contributed by atoms with van der Waals surface area (Å²) in [5.41, 5.74) is -1.27. The van der Waals surface area contributed by atoms with Gasteiger partial charge < -0.3 is 4.74 Å². The summed E-state index contributed by atoms with van der Waals surface area (Å²) < 4.78 is 55.0. The van der Waals surface area contributed by atoms with Crippen molar-refractivity contribution in [3.8, 4) is 5.82 Å². The Morgan fingerprint density at radius 1 is 1.33 bits per heavy atom. The van der Waals surface area contributed by atoms with Gasteiger partial charge in [0.1, 0.15) is 0 Å². The molecule has 2 aromatic heterocycles. The lowest BCUT2D eigenvalue weighted by molar-refractivity contribution is -0.137. The zero-order valence-electron chi connectivity index (χ0n) is 13.6. The Kier molecular flexibility index (Phi) is 6.55. The van der Waals surface area contributed by atoms with E-state index in [4.69, 9.17) is 39.5 Å². The number of esters is 1. The van der Waals surface area contributed by atoms with Crippen molar-refractivity contribution >= 4 is 52.5 Å². The molecule has 2 rings (SSSR count). The maximum absolute atomic E-state index is 13.7. The fraction of sp³-hybridized carbons (Fsp3) is 0.357. The summed E-state index contributed by atoms with van der Waals surface area (Å²) in [5.74, 6) is -1.10. The molecule has 0 amide bonds. The van der Waals surface area contributed by atoms with E-state index in [1.54, 1.807) is 6.92 Å². The highest BCUT2D eigenvalue weighted by Crippen LogP contribution is 2.44. The first-order chi connectivity index (χ1) is 12.3. The third kappa shape index (κ3) is 5.18. The van der Waals surface area contributed by atoms with Crippen molar-refractivity contribution in [2.75, 3.05) is 6.61 Å². The second-order valence-electron chi connectivity index (χ2n) is 4.97. The van der Waals surface area contributed by atoms with E-state index in [1.807, 2.05) is 0 Å². The molecule has 0 radical (unpaired) electrons. The number of ether oxygens (including phenoxy) is 1. The van der Waals surface area contributed by atoms with Crippen molar-refractivity contribution in [2.45, 2.75) is 28.8 Å². The van der Waals surface area contributed by atoms with Crippen molar-refractivity contribution in [1.29, 1.82) is 0 Å². The van der Waals surface area contributed by atoms with Gasteiger partial charge in [-0.1, -0.05) is 34.8 Å². The van der Waals surface area contributed by atoms with E-state index >= 15 is 0 Å². The molecule has 0 unspecified atom stereocenters. The van der Waals surface area contributed by atoms with Crippen LogP contribution in [0.3, 0.4) is 0 Å². The first-order valence-electron chi connectivity index (χ1n) is 7.10. The first kappa shape index (κ1) is 22.1. The molecule has 0 aromatic carbocycles. The summed E-state index contributed by atoms with van der Waals surface area (Å²) in [5, 5.41) is 3.56. The highest BCUT2D eigenvalue weighted by atomic mass is 35.5. The Bertz CT molecular complexity index is 869. The summed E-state index contributed by atoms with van der Waals surface area (Å²) >= 11 is 16.9. The van der Waals surface area contributed by atoms with Gasteiger partial charge in [-0.3, -0.25) is 0 Å². The molecule has 2 heterocycles. The van der Waals surface area contributed by atoms with Crippen LogP contribution in [0.15, 0.2) is 17.2 Å². The van der Waals surface area contributed by atoms with Crippen molar-refractivity contribution in [3.05, 3.63) is 34.2 Å². The molecule has 0 saturated heterocycles. The molecular weight excluding hydrogens is 457 g/mol. The molecule has 27 heavy (non-hydrogen) atoms. The number of hydrogen-bond donors (Lipinski definition) is 0. The topological polar surface area (TPSA) is 57.0 Å². The van der Waals surface area contributed by atoms with Gasteiger partial charge in [0.2, 0.25) is 0 Å². The average molecular weight is 467 g/mol. The average Bonchev–Trinajstić information content (AvgIpc) is 2.82. The fourth-order valence-electron chi connectivity index (χ4n) is 2.01. The van der Waals surface area contributed by atoms with Crippen LogP contribution < -0.4 is 0 Å². The van der Waals surface area contributed by atoms with Crippen molar-refractivity contribution < 1.29 is 27.1 Å². The van der Waals surface area contributed by atoms with Crippen LogP contribution in [-0.4, -0.2) is 31.3 Å². The third-order valence-corrected chi connectivity index (χ3v) is 4.76. The maximum Gasteiger partial charge on any atom is 0.417 e. The molecule has 0 fully saturated rings. The van der Waals surface area contributed by atoms with E-state index in [9.17, 15) is 22.4 Å². The van der Waals surface area contributed by atoms with Gasteiger partial charge in [0.05, 0.1) is 27.8 Å². The van der Waals surface area contributed by atoms with Gasteiger partial charge >= 0.3 is 16.1 Å². The molecule has 13 heteroatoms. The number of carbonyl (C=O) groups is 1. The first-order valence-corrected chi connectivity index (χ1v) is 9.05.